The molecule has 0 aromatic heterocycles. The molecule has 0 bridgehead atoms. The van der Waals surface area contributed by atoms with Gasteiger partial charge in [-0.2, -0.15) is 0 Å². The minimum Gasteiger partial charge on any atom is -0.352 e. The summed E-state index contributed by atoms with van der Waals surface area (Å²) in [6, 6.07) is -0.118. The van der Waals surface area contributed by atoms with Crippen molar-refractivity contribution in [3.63, 3.8) is 0 Å². The molecular formula is C10H17BrN2O2. The van der Waals surface area contributed by atoms with Gasteiger partial charge < -0.3 is 10.6 Å². The Hall–Kier alpha value is -0.580. The van der Waals surface area contributed by atoms with Crippen LogP contribution in [0.4, 0.5) is 0 Å². The standard InChI is InChI=1S/C10H17BrN2O2/c1-3-8(11)10(15)12-6(2)9(14)13-7-4-5-7/h6-8H,3-5H2,1-2H3,(H,12,15)(H,13,14). The molecule has 1 saturated carbocycles. The molecule has 1 aliphatic rings. The van der Waals surface area contributed by atoms with E-state index in [2.05, 4.69) is 26.6 Å². The van der Waals surface area contributed by atoms with Crippen molar-refractivity contribution in [1.82, 2.24) is 10.6 Å². The number of hydrogen-bond acceptors (Lipinski definition) is 2. The number of carbonyl (C=O) groups is 2. The van der Waals surface area contributed by atoms with Gasteiger partial charge >= 0.3 is 0 Å². The summed E-state index contributed by atoms with van der Waals surface area (Å²) in [4.78, 5) is 22.7. The van der Waals surface area contributed by atoms with Crippen LogP contribution >= 0.6 is 15.9 Å². The van der Waals surface area contributed by atoms with Crippen LogP contribution in [0.15, 0.2) is 0 Å². The number of carbonyl (C=O) groups excluding carboxylic acids is 2. The van der Waals surface area contributed by atoms with Gasteiger partial charge in [0.1, 0.15) is 6.04 Å². The molecule has 0 radical (unpaired) electrons. The van der Waals surface area contributed by atoms with Crippen LogP contribution in [0.25, 0.3) is 0 Å². The highest BCUT2D eigenvalue weighted by Gasteiger charge is 2.26. The molecule has 0 aromatic carbocycles. The summed E-state index contributed by atoms with van der Waals surface area (Å²) in [5.74, 6) is -0.224. The molecule has 1 aliphatic carbocycles. The summed E-state index contributed by atoms with van der Waals surface area (Å²) in [7, 11) is 0. The lowest BCUT2D eigenvalue weighted by atomic mass is 10.2. The lowest BCUT2D eigenvalue weighted by Gasteiger charge is -2.15. The maximum atomic E-state index is 11.5. The van der Waals surface area contributed by atoms with Gasteiger partial charge in [-0.05, 0) is 26.2 Å². The Labute approximate surface area is 98.3 Å². The van der Waals surface area contributed by atoms with E-state index in [1.54, 1.807) is 6.92 Å². The Morgan fingerprint density at radius 2 is 2.00 bits per heavy atom. The number of hydrogen-bond donors (Lipinski definition) is 2. The first kappa shape index (κ1) is 12.5. The van der Waals surface area contributed by atoms with Gasteiger partial charge in [-0.1, -0.05) is 22.9 Å². The predicted molar refractivity (Wildman–Crippen MR) is 61.8 cm³/mol. The van der Waals surface area contributed by atoms with Crippen molar-refractivity contribution in [2.45, 2.75) is 50.0 Å². The molecule has 1 rings (SSSR count). The topological polar surface area (TPSA) is 58.2 Å². The van der Waals surface area contributed by atoms with Crippen LogP contribution in [0.3, 0.4) is 0 Å². The van der Waals surface area contributed by atoms with Gasteiger partial charge in [0, 0.05) is 6.04 Å². The maximum absolute atomic E-state index is 11.5. The largest absolute Gasteiger partial charge is 0.352 e. The van der Waals surface area contributed by atoms with Crippen LogP contribution in [0.5, 0.6) is 0 Å². The van der Waals surface area contributed by atoms with Gasteiger partial charge in [-0.3, -0.25) is 9.59 Å². The highest BCUT2D eigenvalue weighted by atomic mass is 79.9. The zero-order valence-electron chi connectivity index (χ0n) is 9.05. The zero-order chi connectivity index (χ0) is 11.4. The average Bonchev–Trinajstić information content (AvgIpc) is 3.00. The first-order valence-corrected chi connectivity index (χ1v) is 6.21. The maximum Gasteiger partial charge on any atom is 0.242 e. The quantitative estimate of drug-likeness (QED) is 0.735. The average molecular weight is 277 g/mol. The van der Waals surface area contributed by atoms with E-state index >= 15 is 0 Å². The smallest absolute Gasteiger partial charge is 0.242 e. The van der Waals surface area contributed by atoms with Crippen molar-refractivity contribution in [3.05, 3.63) is 0 Å². The van der Waals surface area contributed by atoms with Crippen molar-refractivity contribution in [1.29, 1.82) is 0 Å². The van der Waals surface area contributed by atoms with Gasteiger partial charge in [0.15, 0.2) is 0 Å². The first-order chi connectivity index (χ1) is 7.04. The van der Waals surface area contributed by atoms with E-state index in [1.165, 1.54) is 0 Å². The Balaban J connectivity index is 2.29. The highest BCUT2D eigenvalue weighted by Crippen LogP contribution is 2.18. The predicted octanol–water partition coefficient (Wildman–Crippen LogP) is 0.943. The fourth-order valence-electron chi connectivity index (χ4n) is 1.11. The summed E-state index contributed by atoms with van der Waals surface area (Å²) >= 11 is 3.24. The van der Waals surface area contributed by atoms with Gasteiger partial charge in [-0.25, -0.2) is 0 Å². The molecule has 1 fully saturated rings. The molecule has 2 N–H and O–H groups in total. The van der Waals surface area contributed by atoms with Gasteiger partial charge in [0.25, 0.3) is 0 Å². The monoisotopic (exact) mass is 276 g/mol. The van der Waals surface area contributed by atoms with Crippen molar-refractivity contribution in [2.75, 3.05) is 0 Å². The Bertz CT molecular complexity index is 254. The minimum atomic E-state index is -0.454. The van der Waals surface area contributed by atoms with Crippen LogP contribution in [-0.4, -0.2) is 28.7 Å². The van der Waals surface area contributed by atoms with E-state index in [-0.39, 0.29) is 16.6 Å². The number of halogens is 1. The van der Waals surface area contributed by atoms with E-state index in [0.717, 1.165) is 12.8 Å². The van der Waals surface area contributed by atoms with E-state index in [0.29, 0.717) is 12.5 Å². The molecular weight excluding hydrogens is 260 g/mol. The molecule has 86 valence electrons. The van der Waals surface area contributed by atoms with E-state index < -0.39 is 6.04 Å². The molecule has 2 atom stereocenters. The molecule has 2 amide bonds. The number of alkyl halides is 1. The van der Waals surface area contributed by atoms with Crippen LogP contribution in [0, 0.1) is 0 Å². The SMILES string of the molecule is CCC(Br)C(=O)NC(C)C(=O)NC1CC1. The van der Waals surface area contributed by atoms with Crippen molar-refractivity contribution in [2.24, 2.45) is 0 Å². The summed E-state index contributed by atoms with van der Waals surface area (Å²) in [6.07, 6.45) is 2.83. The second-order valence-electron chi connectivity index (χ2n) is 3.89. The van der Waals surface area contributed by atoms with E-state index in [1.807, 2.05) is 6.92 Å². The van der Waals surface area contributed by atoms with Crippen molar-refractivity contribution >= 4 is 27.7 Å². The molecule has 0 aromatic rings. The summed E-state index contributed by atoms with van der Waals surface area (Å²) in [5.41, 5.74) is 0. The third-order valence-electron chi connectivity index (χ3n) is 2.32. The molecule has 0 heterocycles. The minimum absolute atomic E-state index is 0.0957. The molecule has 15 heavy (non-hydrogen) atoms. The third-order valence-corrected chi connectivity index (χ3v) is 3.38. The fraction of sp³-hybridized carbons (Fsp3) is 0.800. The van der Waals surface area contributed by atoms with Gasteiger partial charge in [0.2, 0.25) is 11.8 Å². The Morgan fingerprint density at radius 1 is 1.40 bits per heavy atom. The Kier molecular flexibility index (Phi) is 4.57. The van der Waals surface area contributed by atoms with Gasteiger partial charge in [0.05, 0.1) is 4.83 Å². The lowest BCUT2D eigenvalue weighted by molar-refractivity contribution is -0.128. The molecule has 0 aliphatic heterocycles. The second-order valence-corrected chi connectivity index (χ2v) is 4.99. The normalized spacial score (nSPS) is 19.1. The van der Waals surface area contributed by atoms with Crippen LogP contribution in [0.1, 0.15) is 33.1 Å². The van der Waals surface area contributed by atoms with Crippen molar-refractivity contribution in [3.8, 4) is 0 Å². The number of rotatable bonds is 5. The lowest BCUT2D eigenvalue weighted by Crippen LogP contribution is -2.47. The van der Waals surface area contributed by atoms with Crippen LogP contribution in [0.2, 0.25) is 0 Å². The van der Waals surface area contributed by atoms with E-state index in [4.69, 9.17) is 0 Å². The zero-order valence-corrected chi connectivity index (χ0v) is 10.6. The molecule has 5 heteroatoms. The molecule has 4 nitrogen and oxygen atoms in total. The molecule has 0 saturated heterocycles. The second kappa shape index (κ2) is 5.49. The van der Waals surface area contributed by atoms with Crippen LogP contribution < -0.4 is 10.6 Å². The number of amides is 2. The summed E-state index contributed by atoms with van der Waals surface area (Å²) < 4.78 is 0. The van der Waals surface area contributed by atoms with Crippen molar-refractivity contribution < 1.29 is 9.59 Å². The number of nitrogens with one attached hydrogen (secondary N) is 2. The highest BCUT2D eigenvalue weighted by molar-refractivity contribution is 9.10. The third kappa shape index (κ3) is 4.20. The molecule has 0 spiro atoms. The van der Waals surface area contributed by atoms with Gasteiger partial charge in [-0.15, -0.1) is 0 Å². The first-order valence-electron chi connectivity index (χ1n) is 5.29. The Morgan fingerprint density at radius 3 is 2.47 bits per heavy atom. The molecule has 2 unspecified atom stereocenters. The fourth-order valence-corrected chi connectivity index (χ4v) is 1.24. The summed E-state index contributed by atoms with van der Waals surface area (Å²) in [6.45, 7) is 3.61. The van der Waals surface area contributed by atoms with E-state index in [9.17, 15) is 9.59 Å². The van der Waals surface area contributed by atoms with Crippen LogP contribution in [-0.2, 0) is 9.59 Å². The summed E-state index contributed by atoms with van der Waals surface area (Å²) in [5, 5.41) is 5.51.